The maximum Gasteiger partial charge on any atom is 0.356 e. The normalized spacial score (nSPS) is 10.7. The third-order valence-corrected chi connectivity index (χ3v) is 3.44. The minimum absolute atomic E-state index is 0.00109. The highest BCUT2D eigenvalue weighted by Crippen LogP contribution is 2.25. The van der Waals surface area contributed by atoms with E-state index in [-0.39, 0.29) is 16.8 Å². The number of aromatic nitrogens is 2. The fourth-order valence-corrected chi connectivity index (χ4v) is 2.32. The summed E-state index contributed by atoms with van der Waals surface area (Å²) in [5.74, 6) is -1.26. The van der Waals surface area contributed by atoms with Gasteiger partial charge in [0.05, 0.1) is 18.2 Å². The molecule has 0 aliphatic carbocycles. The molecule has 23 heavy (non-hydrogen) atoms. The van der Waals surface area contributed by atoms with Gasteiger partial charge in [-0.2, -0.15) is 0 Å². The zero-order chi connectivity index (χ0) is 16.6. The Kier molecular flexibility index (Phi) is 3.46. The van der Waals surface area contributed by atoms with Crippen molar-refractivity contribution < 1.29 is 24.5 Å². The lowest BCUT2D eigenvalue weighted by atomic mass is 10.2. The molecule has 2 N–H and O–H groups in total. The van der Waals surface area contributed by atoms with Gasteiger partial charge in [-0.25, -0.2) is 14.6 Å². The van der Waals surface area contributed by atoms with E-state index >= 15 is 0 Å². The largest absolute Gasteiger partial charge is 0.497 e. The van der Waals surface area contributed by atoms with Gasteiger partial charge in [0.1, 0.15) is 11.6 Å². The molecule has 2 aromatic heterocycles. The Hall–Kier alpha value is -3.35. The molecule has 2 heterocycles. The SMILES string of the molecule is COc1ccc(-c2nc(C(=O)O)c3cc(C(=O)O)ccn23)cc1. The van der Waals surface area contributed by atoms with Crippen molar-refractivity contribution in [2.75, 3.05) is 7.11 Å². The molecule has 0 spiro atoms. The molecule has 0 fully saturated rings. The monoisotopic (exact) mass is 312 g/mol. The first kappa shape index (κ1) is 14.6. The van der Waals surface area contributed by atoms with E-state index in [0.29, 0.717) is 17.1 Å². The summed E-state index contributed by atoms with van der Waals surface area (Å²) in [5.41, 5.74) is 0.722. The van der Waals surface area contributed by atoms with Gasteiger partial charge in [-0.05, 0) is 36.4 Å². The maximum absolute atomic E-state index is 11.4. The Morgan fingerprint density at radius 3 is 2.35 bits per heavy atom. The standard InChI is InChI=1S/C16H12N2O5/c1-23-11-4-2-9(3-5-11)14-17-13(16(21)22)12-8-10(15(19)20)6-7-18(12)14/h2-8H,1H3,(H,19,20)(H,21,22). The molecule has 0 aliphatic rings. The zero-order valence-electron chi connectivity index (χ0n) is 12.1. The molecule has 7 heteroatoms. The molecule has 0 bridgehead atoms. The van der Waals surface area contributed by atoms with Gasteiger partial charge in [0, 0.05) is 11.8 Å². The predicted octanol–water partition coefficient (Wildman–Crippen LogP) is 2.41. The molecule has 0 unspecified atom stereocenters. The Bertz CT molecular complexity index is 912. The molecule has 1 aromatic carbocycles. The number of carboxylic acid groups (broad SMARTS) is 2. The number of ether oxygens (including phenoxy) is 1. The number of carboxylic acids is 2. The first-order valence-electron chi connectivity index (χ1n) is 6.64. The smallest absolute Gasteiger partial charge is 0.356 e. The van der Waals surface area contributed by atoms with Crippen LogP contribution in [0.5, 0.6) is 5.75 Å². The lowest BCUT2D eigenvalue weighted by Crippen LogP contribution is -2.00. The molecular formula is C16H12N2O5. The predicted molar refractivity (Wildman–Crippen MR) is 81.1 cm³/mol. The van der Waals surface area contributed by atoms with Crippen molar-refractivity contribution in [2.45, 2.75) is 0 Å². The van der Waals surface area contributed by atoms with Crippen LogP contribution in [0.4, 0.5) is 0 Å². The van der Waals surface area contributed by atoms with Crippen molar-refractivity contribution in [3.8, 4) is 17.1 Å². The minimum Gasteiger partial charge on any atom is -0.497 e. The number of imidazole rings is 1. The second kappa shape index (κ2) is 5.45. The van der Waals surface area contributed by atoms with Gasteiger partial charge in [0.2, 0.25) is 0 Å². The number of hydrogen-bond acceptors (Lipinski definition) is 4. The fraction of sp³-hybridized carbons (Fsp3) is 0.0625. The van der Waals surface area contributed by atoms with Crippen LogP contribution >= 0.6 is 0 Å². The van der Waals surface area contributed by atoms with Gasteiger partial charge < -0.3 is 14.9 Å². The zero-order valence-corrected chi connectivity index (χ0v) is 12.1. The Labute approximate surface area is 130 Å². The van der Waals surface area contributed by atoms with Gasteiger partial charge in [-0.1, -0.05) is 0 Å². The van der Waals surface area contributed by atoms with Gasteiger partial charge in [-0.15, -0.1) is 0 Å². The van der Waals surface area contributed by atoms with Crippen LogP contribution in [0.25, 0.3) is 16.9 Å². The van der Waals surface area contributed by atoms with Crippen LogP contribution in [0.15, 0.2) is 42.6 Å². The summed E-state index contributed by atoms with van der Waals surface area (Å²) in [6.07, 6.45) is 1.50. The number of hydrogen-bond donors (Lipinski definition) is 2. The first-order chi connectivity index (χ1) is 11.0. The summed E-state index contributed by atoms with van der Waals surface area (Å²) in [4.78, 5) is 26.6. The fourth-order valence-electron chi connectivity index (χ4n) is 2.32. The molecule has 0 atom stereocenters. The van der Waals surface area contributed by atoms with Crippen LogP contribution in [0.3, 0.4) is 0 Å². The quantitative estimate of drug-likeness (QED) is 0.767. The van der Waals surface area contributed by atoms with E-state index in [0.717, 1.165) is 0 Å². The van der Waals surface area contributed by atoms with Crippen molar-refractivity contribution in [1.82, 2.24) is 9.38 Å². The second-order valence-electron chi connectivity index (χ2n) is 4.79. The van der Waals surface area contributed by atoms with E-state index in [9.17, 15) is 14.7 Å². The molecular weight excluding hydrogens is 300 g/mol. The van der Waals surface area contributed by atoms with Crippen LogP contribution < -0.4 is 4.74 Å². The average Bonchev–Trinajstić information content (AvgIpc) is 2.94. The number of rotatable bonds is 4. The molecule has 3 rings (SSSR count). The van der Waals surface area contributed by atoms with Crippen molar-refractivity contribution in [3.63, 3.8) is 0 Å². The second-order valence-corrected chi connectivity index (χ2v) is 4.79. The Balaban J connectivity index is 2.24. The molecule has 0 radical (unpaired) electrons. The van der Waals surface area contributed by atoms with Crippen molar-refractivity contribution in [3.05, 3.63) is 53.9 Å². The molecule has 0 aliphatic heterocycles. The summed E-state index contributed by atoms with van der Waals surface area (Å²) in [6, 6.07) is 9.68. The van der Waals surface area contributed by atoms with Crippen LogP contribution in [0.2, 0.25) is 0 Å². The van der Waals surface area contributed by atoms with Crippen molar-refractivity contribution in [2.24, 2.45) is 0 Å². The highest BCUT2D eigenvalue weighted by Gasteiger charge is 2.19. The number of pyridine rings is 1. The van der Waals surface area contributed by atoms with Crippen LogP contribution in [-0.2, 0) is 0 Å². The van der Waals surface area contributed by atoms with Crippen molar-refractivity contribution in [1.29, 1.82) is 0 Å². The third-order valence-electron chi connectivity index (χ3n) is 3.44. The maximum atomic E-state index is 11.4. The van der Waals surface area contributed by atoms with Gasteiger partial charge in [0.25, 0.3) is 0 Å². The van der Waals surface area contributed by atoms with E-state index in [1.807, 2.05) is 0 Å². The number of carbonyl (C=O) groups is 2. The minimum atomic E-state index is -1.22. The number of fused-ring (bicyclic) bond motifs is 1. The summed E-state index contributed by atoms with van der Waals surface area (Å²) < 4.78 is 6.64. The highest BCUT2D eigenvalue weighted by atomic mass is 16.5. The molecule has 0 amide bonds. The lowest BCUT2D eigenvalue weighted by Gasteiger charge is -2.04. The van der Waals surface area contributed by atoms with E-state index in [4.69, 9.17) is 9.84 Å². The van der Waals surface area contributed by atoms with Crippen molar-refractivity contribution >= 4 is 17.5 Å². The summed E-state index contributed by atoms with van der Waals surface area (Å²) >= 11 is 0. The van der Waals surface area contributed by atoms with E-state index in [2.05, 4.69) is 4.98 Å². The Morgan fingerprint density at radius 1 is 1.09 bits per heavy atom. The van der Waals surface area contributed by atoms with Crippen LogP contribution in [0, 0.1) is 0 Å². The third kappa shape index (κ3) is 2.48. The number of aromatic carboxylic acids is 2. The van der Waals surface area contributed by atoms with E-state index < -0.39 is 11.9 Å². The summed E-state index contributed by atoms with van der Waals surface area (Å²) in [6.45, 7) is 0. The molecule has 7 nitrogen and oxygen atoms in total. The summed E-state index contributed by atoms with van der Waals surface area (Å²) in [7, 11) is 1.55. The highest BCUT2D eigenvalue weighted by molar-refractivity contribution is 5.97. The van der Waals surface area contributed by atoms with Gasteiger partial charge in [-0.3, -0.25) is 4.40 Å². The van der Waals surface area contributed by atoms with Gasteiger partial charge >= 0.3 is 11.9 Å². The number of nitrogens with zero attached hydrogens (tertiary/aromatic N) is 2. The van der Waals surface area contributed by atoms with E-state index in [1.165, 1.54) is 18.3 Å². The summed E-state index contributed by atoms with van der Waals surface area (Å²) in [5, 5.41) is 18.4. The molecule has 0 saturated heterocycles. The molecule has 116 valence electrons. The van der Waals surface area contributed by atoms with Crippen LogP contribution in [0.1, 0.15) is 20.8 Å². The van der Waals surface area contributed by atoms with E-state index in [1.54, 1.807) is 35.8 Å². The van der Waals surface area contributed by atoms with Crippen LogP contribution in [-0.4, -0.2) is 38.6 Å². The average molecular weight is 312 g/mol. The topological polar surface area (TPSA) is 101 Å². The number of benzene rings is 1. The molecule has 3 aromatic rings. The van der Waals surface area contributed by atoms with Gasteiger partial charge in [0.15, 0.2) is 5.69 Å². The number of methoxy groups -OCH3 is 1. The first-order valence-corrected chi connectivity index (χ1v) is 6.64. The lowest BCUT2D eigenvalue weighted by molar-refractivity contribution is 0.0682. The molecule has 0 saturated carbocycles. The Morgan fingerprint density at radius 2 is 1.78 bits per heavy atom.